The first-order valence-corrected chi connectivity index (χ1v) is 8.45. The molecule has 0 aliphatic carbocycles. The van der Waals surface area contributed by atoms with Crippen LogP contribution in [0.3, 0.4) is 0 Å². The van der Waals surface area contributed by atoms with E-state index in [2.05, 4.69) is 16.7 Å². The van der Waals surface area contributed by atoms with Crippen molar-refractivity contribution in [3.8, 4) is 5.75 Å². The van der Waals surface area contributed by atoms with Crippen LogP contribution in [0.15, 0.2) is 48.5 Å². The fourth-order valence-corrected chi connectivity index (χ4v) is 2.64. The number of aryl methyl sites for hydroxylation is 1. The second-order valence-electron chi connectivity index (χ2n) is 6.05. The highest BCUT2D eigenvalue weighted by Gasteiger charge is 2.08. The monoisotopic (exact) mass is 342 g/mol. The predicted octanol–water partition coefficient (Wildman–Crippen LogP) is 2.45. The third-order valence-corrected chi connectivity index (χ3v) is 3.93. The summed E-state index contributed by atoms with van der Waals surface area (Å²) < 4.78 is 5.33. The van der Waals surface area contributed by atoms with E-state index in [0.717, 1.165) is 22.4 Å². The van der Waals surface area contributed by atoms with E-state index in [1.807, 2.05) is 49.4 Å². The van der Waals surface area contributed by atoms with Crippen LogP contribution in [0.4, 0.5) is 4.79 Å². The fraction of sp³-hybridized carbons (Fsp3) is 0.350. The molecule has 0 saturated heterocycles. The van der Waals surface area contributed by atoms with Crippen molar-refractivity contribution in [2.45, 2.75) is 25.9 Å². The number of aliphatic hydroxyl groups excluding tert-OH is 1. The van der Waals surface area contributed by atoms with Gasteiger partial charge in [-0.25, -0.2) is 4.79 Å². The number of rotatable bonds is 8. The summed E-state index contributed by atoms with van der Waals surface area (Å²) in [4.78, 5) is 11.8. The lowest BCUT2D eigenvalue weighted by molar-refractivity contribution is 0.170. The zero-order chi connectivity index (χ0) is 18.1. The first-order chi connectivity index (χ1) is 12.1. The van der Waals surface area contributed by atoms with Crippen molar-refractivity contribution in [2.75, 3.05) is 20.2 Å². The average Bonchev–Trinajstić information content (AvgIpc) is 2.61. The van der Waals surface area contributed by atoms with E-state index in [1.54, 1.807) is 7.11 Å². The summed E-state index contributed by atoms with van der Waals surface area (Å²) in [5.41, 5.74) is 3.26. The first kappa shape index (κ1) is 18.8. The third kappa shape index (κ3) is 6.47. The van der Waals surface area contributed by atoms with Crippen LogP contribution in [-0.4, -0.2) is 37.4 Å². The molecule has 0 saturated carbocycles. The van der Waals surface area contributed by atoms with Gasteiger partial charge in [0, 0.05) is 19.5 Å². The number of hydrogen-bond donors (Lipinski definition) is 3. The van der Waals surface area contributed by atoms with Crippen molar-refractivity contribution >= 4 is 6.03 Å². The SMILES string of the molecule is COc1ccc(C)cc1CCNC(=O)NCC(O)Cc1ccccc1. The number of hydrogen-bond acceptors (Lipinski definition) is 3. The Hall–Kier alpha value is -2.53. The smallest absolute Gasteiger partial charge is 0.314 e. The maximum absolute atomic E-state index is 11.8. The fourth-order valence-electron chi connectivity index (χ4n) is 2.64. The molecule has 5 nitrogen and oxygen atoms in total. The minimum Gasteiger partial charge on any atom is -0.496 e. The van der Waals surface area contributed by atoms with E-state index in [9.17, 15) is 9.90 Å². The lowest BCUT2D eigenvalue weighted by atomic mass is 10.1. The van der Waals surface area contributed by atoms with Crippen molar-refractivity contribution in [2.24, 2.45) is 0 Å². The molecular weight excluding hydrogens is 316 g/mol. The number of ether oxygens (including phenoxy) is 1. The van der Waals surface area contributed by atoms with Crippen LogP contribution in [0.25, 0.3) is 0 Å². The first-order valence-electron chi connectivity index (χ1n) is 8.45. The topological polar surface area (TPSA) is 70.6 Å². The van der Waals surface area contributed by atoms with Crippen LogP contribution in [0, 0.1) is 6.92 Å². The lowest BCUT2D eigenvalue weighted by Gasteiger charge is -2.13. The number of benzene rings is 2. The molecule has 2 aromatic carbocycles. The standard InChI is InChI=1S/C20H26N2O3/c1-15-8-9-19(25-2)17(12-15)10-11-21-20(24)22-14-18(23)13-16-6-4-3-5-7-16/h3-9,12,18,23H,10-11,13-14H2,1-2H3,(H2,21,22,24). The number of methoxy groups -OCH3 is 1. The largest absolute Gasteiger partial charge is 0.496 e. The Morgan fingerprint density at radius 1 is 1.16 bits per heavy atom. The van der Waals surface area contributed by atoms with E-state index in [-0.39, 0.29) is 12.6 Å². The highest BCUT2D eigenvalue weighted by Crippen LogP contribution is 2.19. The Balaban J connectivity index is 1.69. The van der Waals surface area contributed by atoms with Crippen molar-refractivity contribution in [1.29, 1.82) is 0 Å². The lowest BCUT2D eigenvalue weighted by Crippen LogP contribution is -2.41. The molecule has 0 aliphatic heterocycles. The van der Waals surface area contributed by atoms with Gasteiger partial charge in [0.05, 0.1) is 13.2 Å². The van der Waals surface area contributed by atoms with Gasteiger partial charge in [0.15, 0.2) is 0 Å². The summed E-state index contributed by atoms with van der Waals surface area (Å²) in [5.74, 6) is 0.825. The summed E-state index contributed by atoms with van der Waals surface area (Å²) in [6.45, 7) is 2.74. The Kier molecular flexibility index (Phi) is 7.29. The number of amides is 2. The molecule has 2 amide bonds. The number of carbonyl (C=O) groups is 1. The molecule has 2 rings (SSSR count). The molecule has 25 heavy (non-hydrogen) atoms. The number of aliphatic hydroxyl groups is 1. The Morgan fingerprint density at radius 2 is 1.92 bits per heavy atom. The average molecular weight is 342 g/mol. The molecule has 0 bridgehead atoms. The van der Waals surface area contributed by atoms with Crippen LogP contribution in [0.1, 0.15) is 16.7 Å². The van der Waals surface area contributed by atoms with E-state index in [0.29, 0.717) is 19.4 Å². The molecule has 0 spiro atoms. The van der Waals surface area contributed by atoms with Crippen molar-refractivity contribution in [1.82, 2.24) is 10.6 Å². The van der Waals surface area contributed by atoms with Gasteiger partial charge in [-0.3, -0.25) is 0 Å². The number of nitrogens with one attached hydrogen (secondary N) is 2. The normalized spacial score (nSPS) is 11.6. The van der Waals surface area contributed by atoms with Gasteiger partial charge in [-0.1, -0.05) is 48.0 Å². The van der Waals surface area contributed by atoms with E-state index >= 15 is 0 Å². The summed E-state index contributed by atoms with van der Waals surface area (Å²) in [5, 5.41) is 15.5. The molecule has 0 heterocycles. The van der Waals surface area contributed by atoms with Crippen LogP contribution in [0.2, 0.25) is 0 Å². The summed E-state index contributed by atoms with van der Waals surface area (Å²) >= 11 is 0. The molecule has 0 aliphatic rings. The molecule has 0 radical (unpaired) electrons. The summed E-state index contributed by atoms with van der Waals surface area (Å²) in [7, 11) is 1.64. The molecule has 5 heteroatoms. The summed E-state index contributed by atoms with van der Waals surface area (Å²) in [6, 6.07) is 15.4. The van der Waals surface area contributed by atoms with Crippen molar-refractivity contribution in [3.63, 3.8) is 0 Å². The van der Waals surface area contributed by atoms with Crippen LogP contribution >= 0.6 is 0 Å². The van der Waals surface area contributed by atoms with Gasteiger partial charge in [-0.15, -0.1) is 0 Å². The molecule has 3 N–H and O–H groups in total. The van der Waals surface area contributed by atoms with Crippen LogP contribution in [0.5, 0.6) is 5.75 Å². The molecule has 1 atom stereocenters. The molecule has 0 aromatic heterocycles. The molecule has 2 aromatic rings. The molecular formula is C20H26N2O3. The zero-order valence-electron chi connectivity index (χ0n) is 14.8. The molecule has 134 valence electrons. The van der Waals surface area contributed by atoms with Crippen LogP contribution < -0.4 is 15.4 Å². The maximum Gasteiger partial charge on any atom is 0.314 e. The van der Waals surface area contributed by atoms with E-state index in [1.165, 1.54) is 0 Å². The Morgan fingerprint density at radius 3 is 2.64 bits per heavy atom. The minimum atomic E-state index is -0.606. The van der Waals surface area contributed by atoms with E-state index in [4.69, 9.17) is 4.74 Å². The van der Waals surface area contributed by atoms with Crippen LogP contribution in [-0.2, 0) is 12.8 Å². The van der Waals surface area contributed by atoms with Gasteiger partial charge in [0.2, 0.25) is 0 Å². The summed E-state index contributed by atoms with van der Waals surface area (Å²) in [6.07, 6.45) is 0.594. The Labute approximate surface area is 149 Å². The predicted molar refractivity (Wildman–Crippen MR) is 99.0 cm³/mol. The molecule has 1 unspecified atom stereocenters. The third-order valence-electron chi connectivity index (χ3n) is 3.93. The van der Waals surface area contributed by atoms with Crippen molar-refractivity contribution < 1.29 is 14.6 Å². The maximum atomic E-state index is 11.8. The molecule has 0 fully saturated rings. The number of urea groups is 1. The van der Waals surface area contributed by atoms with Gasteiger partial charge in [0.25, 0.3) is 0 Å². The second-order valence-corrected chi connectivity index (χ2v) is 6.05. The van der Waals surface area contributed by atoms with Gasteiger partial charge in [-0.05, 0) is 30.5 Å². The number of carbonyl (C=O) groups excluding carboxylic acids is 1. The van der Waals surface area contributed by atoms with Gasteiger partial charge >= 0.3 is 6.03 Å². The van der Waals surface area contributed by atoms with Gasteiger partial charge in [-0.2, -0.15) is 0 Å². The quantitative estimate of drug-likeness (QED) is 0.690. The van der Waals surface area contributed by atoms with Gasteiger partial charge in [0.1, 0.15) is 5.75 Å². The second kappa shape index (κ2) is 9.69. The highest BCUT2D eigenvalue weighted by molar-refractivity contribution is 5.73. The van der Waals surface area contributed by atoms with Crippen molar-refractivity contribution in [3.05, 3.63) is 65.2 Å². The van der Waals surface area contributed by atoms with E-state index < -0.39 is 6.10 Å². The minimum absolute atomic E-state index is 0.217. The Bertz CT molecular complexity index is 674. The zero-order valence-corrected chi connectivity index (χ0v) is 14.8. The van der Waals surface area contributed by atoms with Gasteiger partial charge < -0.3 is 20.5 Å². The highest BCUT2D eigenvalue weighted by atomic mass is 16.5.